The molecule has 0 N–H and O–H groups in total. The summed E-state index contributed by atoms with van der Waals surface area (Å²) in [5, 5.41) is 0. The predicted molar refractivity (Wildman–Crippen MR) is 97.1 cm³/mol. The number of hydrogen-bond acceptors (Lipinski definition) is 3. The highest BCUT2D eigenvalue weighted by molar-refractivity contribution is 14.1. The molecule has 1 heterocycles. The van der Waals surface area contributed by atoms with Gasteiger partial charge in [-0.2, -0.15) is 0 Å². The quantitative estimate of drug-likeness (QED) is 0.527. The van der Waals surface area contributed by atoms with Crippen LogP contribution in [0.1, 0.15) is 16.0 Å². The van der Waals surface area contributed by atoms with E-state index in [1.54, 1.807) is 25.6 Å². The molecule has 21 heavy (non-hydrogen) atoms. The van der Waals surface area contributed by atoms with Crippen LogP contribution < -0.4 is 0 Å². The highest BCUT2D eigenvalue weighted by Crippen LogP contribution is 2.39. The van der Waals surface area contributed by atoms with Crippen molar-refractivity contribution in [3.63, 3.8) is 0 Å². The van der Waals surface area contributed by atoms with Crippen LogP contribution in [0.3, 0.4) is 0 Å². The third-order valence-corrected chi connectivity index (χ3v) is 5.27. The topological polar surface area (TPSA) is 18.5 Å². The Labute approximate surface area is 142 Å². The molecule has 0 bridgehead atoms. The number of benzene rings is 1. The van der Waals surface area contributed by atoms with Crippen LogP contribution in [-0.2, 0) is 9.47 Å². The lowest BCUT2D eigenvalue weighted by molar-refractivity contribution is -0.0588. The average Bonchev–Trinajstić information content (AvgIpc) is 3.06. The summed E-state index contributed by atoms with van der Waals surface area (Å²) in [4.78, 5) is 1.26. The summed E-state index contributed by atoms with van der Waals surface area (Å²) in [6.07, 6.45) is 4.05. The van der Waals surface area contributed by atoms with E-state index in [0.29, 0.717) is 0 Å². The van der Waals surface area contributed by atoms with Crippen molar-refractivity contribution in [1.29, 1.82) is 0 Å². The summed E-state index contributed by atoms with van der Waals surface area (Å²) in [5.41, 5.74) is 4.70. The molecule has 4 heteroatoms. The minimum absolute atomic E-state index is 0.333. The van der Waals surface area contributed by atoms with Crippen LogP contribution in [0.5, 0.6) is 0 Å². The molecule has 1 aliphatic rings. The van der Waals surface area contributed by atoms with Crippen molar-refractivity contribution in [2.75, 3.05) is 14.2 Å². The standard InChI is InChI=1S/C17H15IO2S/c1-19-17(20-2)15-10-11(9-12-7-8-16(18)21-12)13-5-3-4-6-14(13)15/h3-10,17H,1-2H3/b11-9+. The largest absolute Gasteiger partial charge is 0.352 e. The Morgan fingerprint density at radius 1 is 1.05 bits per heavy atom. The van der Waals surface area contributed by atoms with Crippen LogP contribution in [0, 0.1) is 2.88 Å². The molecular weight excluding hydrogens is 395 g/mol. The zero-order valence-corrected chi connectivity index (χ0v) is 14.8. The smallest absolute Gasteiger partial charge is 0.183 e. The highest BCUT2D eigenvalue weighted by Gasteiger charge is 2.24. The van der Waals surface area contributed by atoms with E-state index in [1.807, 2.05) is 6.07 Å². The molecule has 2 nitrogen and oxygen atoms in total. The highest BCUT2D eigenvalue weighted by atomic mass is 127. The van der Waals surface area contributed by atoms with Gasteiger partial charge in [0, 0.05) is 24.7 Å². The zero-order chi connectivity index (χ0) is 14.8. The van der Waals surface area contributed by atoms with E-state index in [0.717, 1.165) is 5.57 Å². The molecule has 0 fully saturated rings. The zero-order valence-electron chi connectivity index (χ0n) is 11.8. The summed E-state index contributed by atoms with van der Waals surface area (Å²) in [7, 11) is 3.34. The van der Waals surface area contributed by atoms with Crippen LogP contribution in [-0.4, -0.2) is 20.5 Å². The molecule has 0 saturated carbocycles. The van der Waals surface area contributed by atoms with Crippen LogP contribution in [0.4, 0.5) is 0 Å². The van der Waals surface area contributed by atoms with E-state index >= 15 is 0 Å². The molecule has 1 aliphatic carbocycles. The Kier molecular flexibility index (Phi) is 4.59. The van der Waals surface area contributed by atoms with Crippen molar-refractivity contribution in [2.45, 2.75) is 6.29 Å². The molecule has 3 rings (SSSR count). The second-order valence-corrected chi connectivity index (χ2v) is 7.70. The molecule has 0 amide bonds. The molecule has 0 radical (unpaired) electrons. The lowest BCUT2D eigenvalue weighted by Crippen LogP contribution is -2.14. The molecule has 1 aromatic heterocycles. The lowest BCUT2D eigenvalue weighted by Gasteiger charge is -2.15. The van der Waals surface area contributed by atoms with E-state index in [2.05, 4.69) is 65.1 Å². The van der Waals surface area contributed by atoms with E-state index in [1.165, 1.54) is 24.5 Å². The summed E-state index contributed by atoms with van der Waals surface area (Å²) >= 11 is 4.14. The van der Waals surface area contributed by atoms with Crippen LogP contribution in [0.15, 0.2) is 42.5 Å². The number of ether oxygens (including phenoxy) is 2. The third-order valence-electron chi connectivity index (χ3n) is 3.43. The van der Waals surface area contributed by atoms with Crippen molar-refractivity contribution >= 4 is 51.1 Å². The van der Waals surface area contributed by atoms with Gasteiger partial charge in [-0.15, -0.1) is 11.3 Å². The van der Waals surface area contributed by atoms with Gasteiger partial charge in [0.1, 0.15) is 0 Å². The number of fused-ring (bicyclic) bond motifs is 1. The fourth-order valence-electron chi connectivity index (χ4n) is 2.53. The first-order chi connectivity index (χ1) is 10.2. The summed E-state index contributed by atoms with van der Waals surface area (Å²) in [6, 6.07) is 12.7. The van der Waals surface area contributed by atoms with Crippen molar-refractivity contribution < 1.29 is 9.47 Å². The van der Waals surface area contributed by atoms with Gasteiger partial charge in [0.15, 0.2) is 6.29 Å². The van der Waals surface area contributed by atoms with Crippen LogP contribution in [0.25, 0.3) is 17.2 Å². The molecule has 108 valence electrons. The average molecular weight is 410 g/mol. The second-order valence-electron chi connectivity index (χ2n) is 4.69. The van der Waals surface area contributed by atoms with Crippen LogP contribution >= 0.6 is 33.9 Å². The Bertz CT molecular complexity index is 711. The number of allylic oxidation sites excluding steroid dienone is 2. The van der Waals surface area contributed by atoms with Gasteiger partial charge in [0.25, 0.3) is 0 Å². The number of rotatable bonds is 4. The van der Waals surface area contributed by atoms with Gasteiger partial charge in [0.2, 0.25) is 0 Å². The molecular formula is C17H15IO2S. The maximum absolute atomic E-state index is 5.43. The first-order valence-electron chi connectivity index (χ1n) is 6.57. The number of thiophene rings is 1. The summed E-state index contributed by atoms with van der Waals surface area (Å²) in [6.45, 7) is 0. The maximum Gasteiger partial charge on any atom is 0.183 e. The molecule has 0 saturated heterocycles. The molecule has 2 aromatic rings. The SMILES string of the molecule is COC(OC)C1=C/C(=C\c2ccc(I)s2)c2ccccc21. The van der Waals surface area contributed by atoms with Gasteiger partial charge >= 0.3 is 0 Å². The lowest BCUT2D eigenvalue weighted by atomic mass is 10.0. The molecule has 0 atom stereocenters. The van der Waals surface area contributed by atoms with E-state index in [9.17, 15) is 0 Å². The predicted octanol–water partition coefficient (Wildman–Crippen LogP) is 4.91. The molecule has 0 unspecified atom stereocenters. The molecule has 0 aliphatic heterocycles. The van der Waals surface area contributed by atoms with E-state index in [-0.39, 0.29) is 6.29 Å². The molecule has 0 spiro atoms. The van der Waals surface area contributed by atoms with Crippen molar-refractivity contribution in [3.8, 4) is 0 Å². The van der Waals surface area contributed by atoms with Crippen molar-refractivity contribution in [3.05, 3.63) is 61.4 Å². The van der Waals surface area contributed by atoms with Gasteiger partial charge in [-0.1, -0.05) is 24.3 Å². The summed E-state index contributed by atoms with van der Waals surface area (Å²) in [5.74, 6) is 0. The van der Waals surface area contributed by atoms with E-state index in [4.69, 9.17) is 9.47 Å². The van der Waals surface area contributed by atoms with E-state index < -0.39 is 0 Å². The Morgan fingerprint density at radius 2 is 1.76 bits per heavy atom. The van der Waals surface area contributed by atoms with Gasteiger partial charge in [-0.3, -0.25) is 0 Å². The van der Waals surface area contributed by atoms with Gasteiger partial charge in [0.05, 0.1) is 2.88 Å². The third kappa shape index (κ3) is 2.99. The minimum Gasteiger partial charge on any atom is -0.352 e. The fourth-order valence-corrected chi connectivity index (χ4v) is 4.16. The van der Waals surface area contributed by atoms with Crippen molar-refractivity contribution in [2.24, 2.45) is 0 Å². The summed E-state index contributed by atoms with van der Waals surface area (Å²) < 4.78 is 12.1. The number of halogens is 1. The van der Waals surface area contributed by atoms with Crippen LogP contribution in [0.2, 0.25) is 0 Å². The van der Waals surface area contributed by atoms with Gasteiger partial charge in [-0.25, -0.2) is 0 Å². The van der Waals surface area contributed by atoms with Gasteiger partial charge in [-0.05, 0) is 63.6 Å². The number of hydrogen-bond donors (Lipinski definition) is 0. The number of methoxy groups -OCH3 is 2. The minimum atomic E-state index is -0.333. The second kappa shape index (κ2) is 6.44. The van der Waals surface area contributed by atoms with Gasteiger partial charge < -0.3 is 9.47 Å². The normalized spacial score (nSPS) is 15.6. The monoisotopic (exact) mass is 410 g/mol. The Morgan fingerprint density at radius 3 is 2.38 bits per heavy atom. The first-order valence-corrected chi connectivity index (χ1v) is 8.46. The molecule has 1 aromatic carbocycles. The fraction of sp³-hybridized carbons (Fsp3) is 0.176. The van der Waals surface area contributed by atoms with Crippen molar-refractivity contribution in [1.82, 2.24) is 0 Å². The first kappa shape index (κ1) is 15.0. The Balaban J connectivity index is 2.07. The Hall–Kier alpha value is -0.950. The maximum atomic E-state index is 5.43.